The summed E-state index contributed by atoms with van der Waals surface area (Å²) in [5, 5.41) is 0. The Morgan fingerprint density at radius 1 is 0.469 bits per heavy atom. The molecule has 0 amide bonds. The van der Waals surface area contributed by atoms with Crippen LogP contribution in [0.1, 0.15) is 68.2 Å². The highest BCUT2D eigenvalue weighted by Crippen LogP contribution is 2.57. The largest absolute Gasteiger partial charge is 0.310 e. The van der Waals surface area contributed by atoms with Crippen molar-refractivity contribution >= 4 is 34.8 Å². The fourth-order valence-electron chi connectivity index (χ4n) is 8.80. The van der Waals surface area contributed by atoms with Gasteiger partial charge in [0.25, 0.3) is 0 Å². The molecule has 0 N–H and O–H groups in total. The highest BCUT2D eigenvalue weighted by Gasteiger charge is 2.46. The molecule has 0 aliphatic heterocycles. The third-order valence-corrected chi connectivity index (χ3v) is 11.7. The summed E-state index contributed by atoms with van der Waals surface area (Å²) in [4.78, 5) is 1.27. The molecule has 64 heavy (non-hydrogen) atoms. The first kappa shape index (κ1) is 28.6. The summed E-state index contributed by atoms with van der Waals surface area (Å²) < 4.78 is 115. The third-order valence-electron chi connectivity index (χ3n) is 11.7. The van der Waals surface area contributed by atoms with Crippen LogP contribution in [0.4, 0.5) is 17.1 Å². The van der Waals surface area contributed by atoms with Gasteiger partial charge in [0, 0.05) is 17.1 Å². The standard InChI is InChI=1S/C63H49N/c1-3-5-18-47-32-33-53(44-52(47)19-6-4-2)51-30-28-48(29-31-51)50-36-40-57(41-37-50)64(56-38-34-49(35-39-56)46-20-10-7-11-21-46)58-42-43-60-59-26-16-17-27-61(59)63(62(60)45-58,54-22-12-8-13-23-54)55-24-14-9-15-25-55/h3-6,8-10,12-45H,1-2,7,11H2/b18-5-,19-6-/i28D,29D,30D,31D,34D,35D,36D,37D,38D,39D,40D,41D. The van der Waals surface area contributed by atoms with Crippen molar-refractivity contribution in [2.45, 2.75) is 18.3 Å². The predicted octanol–water partition coefficient (Wildman–Crippen LogP) is 17.0. The van der Waals surface area contributed by atoms with Gasteiger partial charge in [-0.15, -0.1) is 0 Å². The van der Waals surface area contributed by atoms with Gasteiger partial charge in [-0.1, -0.05) is 219 Å². The van der Waals surface area contributed by atoms with Crippen molar-refractivity contribution in [1.29, 1.82) is 0 Å². The molecule has 8 aromatic rings. The van der Waals surface area contributed by atoms with E-state index in [1.54, 1.807) is 60.7 Å². The van der Waals surface area contributed by atoms with Gasteiger partial charge >= 0.3 is 0 Å². The van der Waals surface area contributed by atoms with Crippen LogP contribution in [0.25, 0.3) is 51.1 Å². The van der Waals surface area contributed by atoms with Crippen molar-refractivity contribution < 1.29 is 16.4 Å². The molecule has 2 aliphatic rings. The van der Waals surface area contributed by atoms with Gasteiger partial charge in [0.05, 0.1) is 21.9 Å². The molecule has 2 aliphatic carbocycles. The van der Waals surface area contributed by atoms with Crippen molar-refractivity contribution in [3.05, 3.63) is 288 Å². The Kier molecular flexibility index (Phi) is 7.93. The van der Waals surface area contributed by atoms with E-state index in [-0.39, 0.29) is 34.6 Å². The molecule has 0 aromatic heterocycles. The van der Waals surface area contributed by atoms with Crippen LogP contribution in [0.15, 0.2) is 250 Å². The first-order chi connectivity index (χ1) is 36.7. The van der Waals surface area contributed by atoms with E-state index in [0.717, 1.165) is 45.4 Å². The Hall–Kier alpha value is -8.00. The van der Waals surface area contributed by atoms with Crippen molar-refractivity contribution in [3.8, 4) is 33.4 Å². The van der Waals surface area contributed by atoms with Crippen LogP contribution < -0.4 is 4.90 Å². The molecule has 1 heteroatoms. The summed E-state index contributed by atoms with van der Waals surface area (Å²) in [5.41, 5.74) is 5.48. The number of allylic oxidation sites excluding steroid dienone is 8. The van der Waals surface area contributed by atoms with E-state index in [2.05, 4.69) is 43.5 Å². The summed E-state index contributed by atoms with van der Waals surface area (Å²) in [6.07, 6.45) is 17.3. The van der Waals surface area contributed by atoms with Gasteiger partial charge in [0.15, 0.2) is 0 Å². The van der Waals surface area contributed by atoms with Gasteiger partial charge in [0.1, 0.15) is 0 Å². The van der Waals surface area contributed by atoms with Crippen LogP contribution in [-0.4, -0.2) is 0 Å². The molecule has 0 unspecified atom stereocenters. The molecule has 0 heterocycles. The van der Waals surface area contributed by atoms with Crippen LogP contribution in [0.2, 0.25) is 0 Å². The molecular weight excluding hydrogens is 771 g/mol. The molecule has 306 valence electrons. The lowest BCUT2D eigenvalue weighted by Gasteiger charge is -2.35. The van der Waals surface area contributed by atoms with Crippen molar-refractivity contribution in [1.82, 2.24) is 0 Å². The van der Waals surface area contributed by atoms with Gasteiger partial charge < -0.3 is 4.90 Å². The lowest BCUT2D eigenvalue weighted by molar-refractivity contribution is 0.768. The smallest absolute Gasteiger partial charge is 0.0714 e. The molecular formula is C63H49N. The maximum atomic E-state index is 9.87. The van der Waals surface area contributed by atoms with E-state index in [9.17, 15) is 16.4 Å². The molecule has 0 saturated heterocycles. The highest BCUT2D eigenvalue weighted by molar-refractivity contribution is 5.90. The summed E-state index contributed by atoms with van der Waals surface area (Å²) in [6, 6.07) is 32.2. The maximum Gasteiger partial charge on any atom is 0.0714 e. The second kappa shape index (κ2) is 17.8. The van der Waals surface area contributed by atoms with Crippen LogP contribution in [0, 0.1) is 0 Å². The molecule has 0 fully saturated rings. The zero-order chi connectivity index (χ0) is 53.7. The summed E-state index contributed by atoms with van der Waals surface area (Å²) in [7, 11) is 0. The Bertz CT molecular complexity index is 3710. The fraction of sp³-hybridized carbons (Fsp3) is 0.0476. The van der Waals surface area contributed by atoms with E-state index < -0.39 is 82.7 Å². The van der Waals surface area contributed by atoms with Gasteiger partial charge in [-0.2, -0.15) is 0 Å². The second-order valence-corrected chi connectivity index (χ2v) is 15.5. The average molecular weight is 832 g/mol. The predicted molar refractivity (Wildman–Crippen MR) is 274 cm³/mol. The van der Waals surface area contributed by atoms with E-state index in [1.807, 2.05) is 85.0 Å². The minimum Gasteiger partial charge on any atom is -0.310 e. The molecule has 1 nitrogen and oxygen atoms in total. The SMILES string of the molecule is [2H]c1c([2H])c(N(c2ccc3c(c2)C(c2ccccc2)(c2ccccc2)c2ccccc2-3)c2c([2H])c([2H])c(-c3c([2H])c([2H])c(-c4ccc(/C=C\C=C)c(/C=C\C=C)c4)c([2H])c3[2H])c([2H])c2[2H])c([2H])c([2H])c1C1=CCCC=C1. The normalized spacial score (nSPS) is 16.3. The minimum absolute atomic E-state index is 0.0311. The number of rotatable bonds is 12. The molecule has 10 rings (SSSR count). The van der Waals surface area contributed by atoms with Crippen molar-refractivity contribution in [3.63, 3.8) is 0 Å². The van der Waals surface area contributed by atoms with E-state index in [0.29, 0.717) is 23.1 Å². The Morgan fingerprint density at radius 3 is 1.62 bits per heavy atom. The summed E-state index contributed by atoms with van der Waals surface area (Å²) in [5.74, 6) is 0. The van der Waals surface area contributed by atoms with Gasteiger partial charge in [0.2, 0.25) is 0 Å². The zero-order valence-corrected chi connectivity index (χ0v) is 35.0. The first-order valence-corrected chi connectivity index (χ1v) is 21.2. The Balaban J connectivity index is 1.24. The van der Waals surface area contributed by atoms with Crippen LogP contribution >= 0.6 is 0 Å². The molecule has 8 aromatic carbocycles. The fourth-order valence-corrected chi connectivity index (χ4v) is 8.80. The summed E-state index contributed by atoms with van der Waals surface area (Å²) in [6.45, 7) is 7.51. The third kappa shape index (κ3) is 7.42. The van der Waals surface area contributed by atoms with E-state index >= 15 is 0 Å². The topological polar surface area (TPSA) is 3.24 Å². The quantitative estimate of drug-likeness (QED) is 0.111. The molecule has 0 spiro atoms. The molecule has 0 radical (unpaired) electrons. The number of anilines is 3. The lowest BCUT2D eigenvalue weighted by Crippen LogP contribution is -2.28. The average Bonchev–Trinajstić information content (AvgIpc) is 3.75. The van der Waals surface area contributed by atoms with Crippen LogP contribution in [0.3, 0.4) is 0 Å². The van der Waals surface area contributed by atoms with E-state index in [4.69, 9.17) is 0 Å². The molecule has 0 bridgehead atoms. The number of hydrogen-bond acceptors (Lipinski definition) is 1. The lowest BCUT2D eigenvalue weighted by atomic mass is 9.67. The van der Waals surface area contributed by atoms with Gasteiger partial charge in [-0.05, 0) is 133 Å². The summed E-state index contributed by atoms with van der Waals surface area (Å²) >= 11 is 0. The number of hydrogen-bond donors (Lipinski definition) is 0. The second-order valence-electron chi connectivity index (χ2n) is 15.5. The van der Waals surface area contributed by atoms with Gasteiger partial charge in [-0.25, -0.2) is 0 Å². The van der Waals surface area contributed by atoms with Crippen molar-refractivity contribution in [2.75, 3.05) is 4.90 Å². The van der Waals surface area contributed by atoms with Crippen LogP contribution in [0.5, 0.6) is 0 Å². The number of nitrogens with zero attached hydrogens (tertiary/aromatic N) is 1. The van der Waals surface area contributed by atoms with Crippen molar-refractivity contribution in [2.24, 2.45) is 0 Å². The number of benzene rings is 8. The highest BCUT2D eigenvalue weighted by atomic mass is 15.1. The first-order valence-electron chi connectivity index (χ1n) is 27.2. The molecule has 0 saturated carbocycles. The zero-order valence-electron chi connectivity index (χ0n) is 47.0. The van der Waals surface area contributed by atoms with Crippen LogP contribution in [-0.2, 0) is 5.41 Å². The monoisotopic (exact) mass is 831 g/mol. The number of fused-ring (bicyclic) bond motifs is 3. The Morgan fingerprint density at radius 2 is 1.02 bits per heavy atom. The van der Waals surface area contributed by atoms with Gasteiger partial charge in [-0.3, -0.25) is 0 Å². The maximum absolute atomic E-state index is 9.87. The minimum atomic E-state index is -0.954. The van der Waals surface area contributed by atoms with E-state index in [1.165, 1.54) is 4.90 Å². The molecule has 0 atom stereocenters. The Labute approximate surface area is 395 Å².